The molecule has 4 amide bonds. The second-order valence-electron chi connectivity index (χ2n) is 19.3. The summed E-state index contributed by atoms with van der Waals surface area (Å²) in [5.74, 6) is 1.87. The lowest BCUT2D eigenvalue weighted by Crippen LogP contribution is -2.55. The molecule has 9 rings (SSSR count). The number of fused-ring (bicyclic) bond motifs is 6. The molecule has 9 unspecified atom stereocenters. The largest absolute Gasteiger partial charge is 0.488 e. The van der Waals surface area contributed by atoms with Crippen molar-refractivity contribution in [3.8, 4) is 39.4 Å². The van der Waals surface area contributed by atoms with E-state index in [1.165, 1.54) is 19.8 Å². The summed E-state index contributed by atoms with van der Waals surface area (Å²) in [5, 5.41) is 5.69. The minimum Gasteiger partial charge on any atom is -0.488 e. The van der Waals surface area contributed by atoms with Crippen molar-refractivity contribution in [3.63, 3.8) is 0 Å². The molecular formula is C50H64N8O8. The van der Waals surface area contributed by atoms with Gasteiger partial charge < -0.3 is 49.3 Å². The highest BCUT2D eigenvalue weighted by atomic mass is 16.5. The first-order valence-corrected chi connectivity index (χ1v) is 23.8. The molecular weight excluding hydrogens is 841 g/mol. The monoisotopic (exact) mass is 904 g/mol. The number of methoxy groups -OCH3 is 2. The van der Waals surface area contributed by atoms with Gasteiger partial charge in [0.05, 0.1) is 56.1 Å². The average molecular weight is 905 g/mol. The van der Waals surface area contributed by atoms with E-state index in [4.69, 9.17) is 28.9 Å². The molecule has 0 bridgehead atoms. The van der Waals surface area contributed by atoms with Gasteiger partial charge in [0.1, 0.15) is 36.1 Å². The van der Waals surface area contributed by atoms with Gasteiger partial charge in [-0.05, 0) is 131 Å². The van der Waals surface area contributed by atoms with Crippen LogP contribution in [0.5, 0.6) is 5.75 Å². The molecule has 1 aliphatic carbocycles. The van der Waals surface area contributed by atoms with Crippen molar-refractivity contribution in [1.29, 1.82) is 0 Å². The molecule has 4 aliphatic heterocycles. The molecule has 352 valence electrons. The lowest BCUT2D eigenvalue weighted by molar-refractivity contribution is -0.140. The van der Waals surface area contributed by atoms with Gasteiger partial charge in [-0.3, -0.25) is 9.59 Å². The summed E-state index contributed by atoms with van der Waals surface area (Å²) < 4.78 is 22.4. The molecule has 16 heteroatoms. The number of aromatic nitrogens is 4. The number of carbonyl (C=O) groups excluding carboxylic acids is 4. The number of H-pyrrole nitrogens is 2. The van der Waals surface area contributed by atoms with E-state index in [1.54, 1.807) is 0 Å². The predicted octanol–water partition coefficient (Wildman–Crippen LogP) is 7.93. The number of carbonyl (C=O) groups is 4. The lowest BCUT2D eigenvalue weighted by Gasteiger charge is -2.39. The molecule has 2 aromatic carbocycles. The summed E-state index contributed by atoms with van der Waals surface area (Å²) in [6.07, 6.45) is 7.37. The van der Waals surface area contributed by atoms with E-state index < -0.39 is 24.3 Å². The lowest BCUT2D eigenvalue weighted by atomic mass is 9.85. The third-order valence-electron chi connectivity index (χ3n) is 14.9. The Hall–Kier alpha value is -5.90. The standard InChI is InChI=1S/C50H64N8O8/c1-9-25(2)42(55-49(61)63-7)47(59)57-26(3)10-16-39(57)45-51-23-38(53-45)31-12-14-34-33(20-31)24-65-41-22-35-30(21-36(34)41)13-15-37-44(35)54-46(52-37)40-17-11-27(4)58(40)48(60)43(56-50(62)64-8)32-18-28(5)66-29(6)19-32/h12,14,20-23,25-29,32,39-40,42-43H,9-11,13,15-19,24H2,1-8H3,(H,51,53)(H,52,54)(H,55,61)(H,56,62). The molecule has 3 fully saturated rings. The van der Waals surface area contributed by atoms with Crippen LogP contribution in [0.15, 0.2) is 36.5 Å². The van der Waals surface area contributed by atoms with Gasteiger partial charge in [0.2, 0.25) is 11.8 Å². The van der Waals surface area contributed by atoms with Crippen molar-refractivity contribution in [1.82, 2.24) is 40.4 Å². The van der Waals surface area contributed by atoms with Crippen LogP contribution in [0.25, 0.3) is 33.6 Å². The Morgan fingerprint density at radius 2 is 1.48 bits per heavy atom. The third kappa shape index (κ3) is 8.41. The Labute approximate surface area is 386 Å². The fourth-order valence-corrected chi connectivity index (χ4v) is 11.3. The van der Waals surface area contributed by atoms with Gasteiger partial charge >= 0.3 is 12.2 Å². The molecule has 4 N–H and O–H groups in total. The first-order chi connectivity index (χ1) is 31.8. The Balaban J connectivity index is 0.943. The van der Waals surface area contributed by atoms with Gasteiger partial charge in [0, 0.05) is 28.9 Å². The summed E-state index contributed by atoms with van der Waals surface area (Å²) in [5.41, 5.74) is 9.21. The molecule has 5 aliphatic rings. The van der Waals surface area contributed by atoms with Crippen LogP contribution in [0.2, 0.25) is 0 Å². The highest BCUT2D eigenvalue weighted by Crippen LogP contribution is 2.46. The Bertz CT molecular complexity index is 2490. The number of rotatable bonds is 10. The van der Waals surface area contributed by atoms with Crippen molar-refractivity contribution in [2.24, 2.45) is 11.8 Å². The second kappa shape index (κ2) is 18.4. The van der Waals surface area contributed by atoms with Gasteiger partial charge in [-0.2, -0.15) is 0 Å². The molecule has 0 saturated carbocycles. The summed E-state index contributed by atoms with van der Waals surface area (Å²) in [7, 11) is 2.63. The van der Waals surface area contributed by atoms with E-state index in [9.17, 15) is 19.2 Å². The Kier molecular flexibility index (Phi) is 12.6. The average Bonchev–Trinajstić information content (AvgIpc) is 4.14. The second-order valence-corrected chi connectivity index (χ2v) is 19.3. The molecule has 9 atom stereocenters. The number of alkyl carbamates (subject to hydrolysis) is 2. The number of nitrogens with one attached hydrogen (secondary N) is 4. The number of aryl methyl sites for hydroxylation is 2. The van der Waals surface area contributed by atoms with Crippen molar-refractivity contribution >= 4 is 24.0 Å². The zero-order chi connectivity index (χ0) is 46.6. The van der Waals surface area contributed by atoms with Crippen LogP contribution in [-0.4, -0.2) is 104 Å². The number of aromatic amines is 2. The Morgan fingerprint density at radius 3 is 2.18 bits per heavy atom. The number of ether oxygens (including phenoxy) is 4. The van der Waals surface area contributed by atoms with Gasteiger partial charge in [-0.25, -0.2) is 19.6 Å². The highest BCUT2D eigenvalue weighted by Gasteiger charge is 2.45. The third-order valence-corrected chi connectivity index (χ3v) is 14.9. The molecule has 2 aromatic heterocycles. The predicted molar refractivity (Wildman–Crippen MR) is 246 cm³/mol. The normalized spacial score (nSPS) is 25.6. The number of imidazole rings is 2. The summed E-state index contributed by atoms with van der Waals surface area (Å²) in [4.78, 5) is 74.6. The minimum absolute atomic E-state index is 0.0144. The van der Waals surface area contributed by atoms with E-state index in [-0.39, 0.29) is 60.0 Å². The quantitative estimate of drug-likeness (QED) is 0.122. The fourth-order valence-electron chi connectivity index (χ4n) is 11.3. The summed E-state index contributed by atoms with van der Waals surface area (Å²) in [6.45, 7) is 12.5. The van der Waals surface area contributed by atoms with Gasteiger partial charge in [0.25, 0.3) is 0 Å². The number of hydrogen-bond donors (Lipinski definition) is 4. The summed E-state index contributed by atoms with van der Waals surface area (Å²) >= 11 is 0. The fraction of sp³-hybridized carbons (Fsp3) is 0.560. The summed E-state index contributed by atoms with van der Waals surface area (Å²) in [6, 6.07) is 8.76. The maximum Gasteiger partial charge on any atom is 0.407 e. The highest BCUT2D eigenvalue weighted by molar-refractivity contribution is 5.88. The van der Waals surface area contributed by atoms with Crippen LogP contribution in [0.1, 0.15) is 127 Å². The van der Waals surface area contributed by atoms with Crippen molar-refractivity contribution in [3.05, 3.63) is 65.0 Å². The molecule has 0 radical (unpaired) electrons. The first-order valence-electron chi connectivity index (χ1n) is 23.8. The number of likely N-dealkylation sites (tertiary alicyclic amines) is 2. The number of hydrogen-bond acceptors (Lipinski definition) is 10. The maximum absolute atomic E-state index is 14.6. The van der Waals surface area contributed by atoms with Crippen LogP contribution < -0.4 is 15.4 Å². The van der Waals surface area contributed by atoms with E-state index >= 15 is 0 Å². The van der Waals surface area contributed by atoms with Crippen LogP contribution in [0.3, 0.4) is 0 Å². The molecule has 6 heterocycles. The van der Waals surface area contributed by atoms with E-state index in [2.05, 4.69) is 57.9 Å². The molecule has 3 saturated heterocycles. The SMILES string of the molecule is CCC(C)C(NC(=O)OC)C(=O)N1C(C)CCC1c1ncc(-c2ccc3c(c2)COc2cc4c(cc2-3)CCc2[nH]c(C3CCC(C)N3C(=O)C(NC(=O)OC)C3CC(C)OC(C)C3)nc2-4)[nH]1. The van der Waals surface area contributed by atoms with Crippen molar-refractivity contribution in [2.75, 3.05) is 14.2 Å². The zero-order valence-corrected chi connectivity index (χ0v) is 39.4. The molecule has 4 aromatic rings. The van der Waals surface area contributed by atoms with Gasteiger partial charge in [-0.15, -0.1) is 0 Å². The first kappa shape index (κ1) is 45.3. The zero-order valence-electron chi connectivity index (χ0n) is 39.4. The number of amides is 4. The van der Waals surface area contributed by atoms with Crippen molar-refractivity contribution < 1.29 is 38.1 Å². The van der Waals surface area contributed by atoms with E-state index in [1.807, 2.05) is 50.6 Å². The maximum atomic E-state index is 14.6. The topological polar surface area (TPSA) is 193 Å². The van der Waals surface area contributed by atoms with Crippen LogP contribution in [-0.2, 0) is 43.2 Å². The van der Waals surface area contributed by atoms with E-state index in [0.29, 0.717) is 19.4 Å². The van der Waals surface area contributed by atoms with Crippen LogP contribution >= 0.6 is 0 Å². The van der Waals surface area contributed by atoms with Crippen LogP contribution in [0, 0.1) is 11.8 Å². The molecule has 0 spiro atoms. The van der Waals surface area contributed by atoms with E-state index in [0.717, 1.165) is 107 Å². The van der Waals surface area contributed by atoms with Gasteiger partial charge in [0.15, 0.2) is 0 Å². The molecule has 66 heavy (non-hydrogen) atoms. The Morgan fingerprint density at radius 1 is 0.803 bits per heavy atom. The van der Waals surface area contributed by atoms with Gasteiger partial charge in [-0.1, -0.05) is 32.4 Å². The van der Waals surface area contributed by atoms with Crippen LogP contribution in [0.4, 0.5) is 9.59 Å². The number of nitrogens with zero attached hydrogens (tertiary/aromatic N) is 4. The van der Waals surface area contributed by atoms with Crippen molar-refractivity contribution in [2.45, 2.75) is 154 Å². The molecule has 16 nitrogen and oxygen atoms in total. The number of benzene rings is 2. The minimum atomic E-state index is -0.741. The smallest absolute Gasteiger partial charge is 0.407 e.